The van der Waals surface area contributed by atoms with Crippen LogP contribution in [0, 0.1) is 0 Å². The summed E-state index contributed by atoms with van der Waals surface area (Å²) in [6.07, 6.45) is 1.33. The molecular formula is C14H26N4O3. The molecule has 2 rings (SSSR count). The normalized spacial score (nSPS) is 26.9. The number of nitrogens with one attached hydrogen (secondary N) is 1. The second-order valence-corrected chi connectivity index (χ2v) is 5.61. The highest BCUT2D eigenvalue weighted by molar-refractivity contribution is 5.81. The molecule has 2 heterocycles. The maximum Gasteiger partial charge on any atom is 0.251 e. The first kappa shape index (κ1) is 16.2. The number of amides is 2. The number of carbonyl (C=O) groups excluding carboxylic acids is 2. The minimum atomic E-state index is -0.325. The van der Waals surface area contributed by atoms with Crippen LogP contribution in [0.25, 0.3) is 0 Å². The Kier molecular flexibility index (Phi) is 5.96. The highest BCUT2D eigenvalue weighted by Gasteiger charge is 2.34. The molecule has 2 fully saturated rings. The van der Waals surface area contributed by atoms with E-state index < -0.39 is 0 Å². The minimum Gasteiger partial charge on any atom is -0.364 e. The number of likely N-dealkylation sites (N-methyl/N-ethyl adjacent to an activating group) is 1. The van der Waals surface area contributed by atoms with Crippen LogP contribution in [0.1, 0.15) is 19.8 Å². The van der Waals surface area contributed by atoms with Crippen LogP contribution < -0.4 is 11.1 Å². The van der Waals surface area contributed by atoms with E-state index in [0.717, 1.165) is 25.9 Å². The van der Waals surface area contributed by atoms with E-state index in [4.69, 9.17) is 10.5 Å². The third-order valence-electron chi connectivity index (χ3n) is 4.07. The van der Waals surface area contributed by atoms with Crippen LogP contribution >= 0.6 is 0 Å². The summed E-state index contributed by atoms with van der Waals surface area (Å²) in [5, 5.41) is 2.79. The lowest BCUT2D eigenvalue weighted by Crippen LogP contribution is -2.53. The van der Waals surface area contributed by atoms with Crippen molar-refractivity contribution in [1.29, 1.82) is 0 Å². The number of hydrogen-bond acceptors (Lipinski definition) is 5. The van der Waals surface area contributed by atoms with Gasteiger partial charge in [-0.3, -0.25) is 14.5 Å². The Labute approximate surface area is 125 Å². The fraction of sp³-hybridized carbons (Fsp3) is 0.857. The second kappa shape index (κ2) is 7.72. The topological polar surface area (TPSA) is 87.9 Å². The van der Waals surface area contributed by atoms with Crippen LogP contribution in [0.3, 0.4) is 0 Å². The molecular weight excluding hydrogens is 272 g/mol. The maximum atomic E-state index is 12.4. The Hall–Kier alpha value is -1.18. The molecule has 0 aromatic heterocycles. The average molecular weight is 298 g/mol. The molecule has 2 amide bonds. The van der Waals surface area contributed by atoms with Gasteiger partial charge >= 0.3 is 0 Å². The quantitative estimate of drug-likeness (QED) is 0.664. The molecule has 2 aliphatic heterocycles. The number of hydrogen-bond donors (Lipinski definition) is 2. The number of piperazine rings is 1. The monoisotopic (exact) mass is 298 g/mol. The first-order valence-corrected chi connectivity index (χ1v) is 7.77. The van der Waals surface area contributed by atoms with E-state index in [-0.39, 0.29) is 24.0 Å². The van der Waals surface area contributed by atoms with Gasteiger partial charge in [-0.1, -0.05) is 0 Å². The van der Waals surface area contributed by atoms with Crippen molar-refractivity contribution in [2.45, 2.75) is 32.0 Å². The van der Waals surface area contributed by atoms with E-state index in [2.05, 4.69) is 10.2 Å². The molecule has 0 saturated carbocycles. The number of ether oxygens (including phenoxy) is 1. The van der Waals surface area contributed by atoms with Crippen molar-refractivity contribution in [2.75, 3.05) is 45.8 Å². The molecule has 0 radical (unpaired) electrons. The Balaban J connectivity index is 1.73. The standard InChI is InChI=1S/C14H26N4O3/c1-2-16-13(19)10-17-5-7-18(8-6-17)14(20)12-4-3-11(9-15)21-12/h11-12H,2-10,15H2,1H3,(H,16,19)/t11-,12+/m1/s1. The van der Waals surface area contributed by atoms with Gasteiger partial charge in [-0.2, -0.15) is 0 Å². The largest absolute Gasteiger partial charge is 0.364 e. The molecule has 0 spiro atoms. The number of nitrogens with two attached hydrogens (primary N) is 1. The van der Waals surface area contributed by atoms with Gasteiger partial charge in [0.05, 0.1) is 12.6 Å². The Bertz CT molecular complexity index is 369. The summed E-state index contributed by atoms with van der Waals surface area (Å²) in [4.78, 5) is 27.8. The van der Waals surface area contributed by atoms with E-state index in [1.165, 1.54) is 0 Å². The van der Waals surface area contributed by atoms with E-state index in [1.807, 2.05) is 11.8 Å². The van der Waals surface area contributed by atoms with Crippen molar-refractivity contribution < 1.29 is 14.3 Å². The molecule has 3 N–H and O–H groups in total. The molecule has 7 nitrogen and oxygen atoms in total. The smallest absolute Gasteiger partial charge is 0.251 e. The predicted octanol–water partition coefficient (Wildman–Crippen LogP) is -1.23. The van der Waals surface area contributed by atoms with Crippen molar-refractivity contribution in [2.24, 2.45) is 5.73 Å². The molecule has 0 aromatic rings. The Morgan fingerprint density at radius 3 is 2.52 bits per heavy atom. The lowest BCUT2D eigenvalue weighted by molar-refractivity contribution is -0.144. The average Bonchev–Trinajstić information content (AvgIpc) is 2.96. The van der Waals surface area contributed by atoms with Gasteiger partial charge in [0.1, 0.15) is 6.10 Å². The Morgan fingerprint density at radius 1 is 1.24 bits per heavy atom. The maximum absolute atomic E-state index is 12.4. The van der Waals surface area contributed by atoms with Crippen LogP contribution in [0.15, 0.2) is 0 Å². The summed E-state index contributed by atoms with van der Waals surface area (Å²) in [6, 6.07) is 0. The van der Waals surface area contributed by atoms with Crippen LogP contribution in [0.5, 0.6) is 0 Å². The molecule has 120 valence electrons. The van der Waals surface area contributed by atoms with E-state index in [1.54, 1.807) is 0 Å². The van der Waals surface area contributed by atoms with E-state index >= 15 is 0 Å². The molecule has 2 aliphatic rings. The first-order valence-electron chi connectivity index (χ1n) is 7.77. The van der Waals surface area contributed by atoms with Gasteiger partial charge in [-0.15, -0.1) is 0 Å². The van der Waals surface area contributed by atoms with Gasteiger partial charge in [0.25, 0.3) is 5.91 Å². The number of rotatable bonds is 5. The summed E-state index contributed by atoms with van der Waals surface area (Å²) >= 11 is 0. The zero-order valence-corrected chi connectivity index (χ0v) is 12.7. The van der Waals surface area contributed by atoms with Crippen molar-refractivity contribution in [3.63, 3.8) is 0 Å². The zero-order chi connectivity index (χ0) is 15.2. The molecule has 0 unspecified atom stereocenters. The van der Waals surface area contributed by atoms with Gasteiger partial charge in [-0.05, 0) is 19.8 Å². The third-order valence-corrected chi connectivity index (χ3v) is 4.07. The highest BCUT2D eigenvalue weighted by atomic mass is 16.5. The summed E-state index contributed by atoms with van der Waals surface area (Å²) in [5.41, 5.74) is 5.57. The van der Waals surface area contributed by atoms with E-state index in [0.29, 0.717) is 32.7 Å². The van der Waals surface area contributed by atoms with Gasteiger partial charge in [-0.25, -0.2) is 0 Å². The lowest BCUT2D eigenvalue weighted by Gasteiger charge is -2.35. The predicted molar refractivity (Wildman–Crippen MR) is 78.7 cm³/mol. The zero-order valence-electron chi connectivity index (χ0n) is 12.7. The summed E-state index contributed by atoms with van der Waals surface area (Å²) in [5.74, 6) is 0.116. The Morgan fingerprint density at radius 2 is 1.95 bits per heavy atom. The third kappa shape index (κ3) is 4.39. The van der Waals surface area contributed by atoms with Gasteiger partial charge in [0.15, 0.2) is 0 Å². The molecule has 0 aromatic carbocycles. The molecule has 2 atom stereocenters. The van der Waals surface area contributed by atoms with Gasteiger partial charge in [0, 0.05) is 39.3 Å². The van der Waals surface area contributed by atoms with Crippen LogP contribution in [0.4, 0.5) is 0 Å². The molecule has 0 aliphatic carbocycles. The fourth-order valence-corrected chi connectivity index (χ4v) is 2.85. The first-order chi connectivity index (χ1) is 10.1. The van der Waals surface area contributed by atoms with E-state index in [9.17, 15) is 9.59 Å². The van der Waals surface area contributed by atoms with Crippen molar-refractivity contribution in [3.05, 3.63) is 0 Å². The number of nitrogens with zero attached hydrogens (tertiary/aromatic N) is 2. The van der Waals surface area contributed by atoms with Crippen LogP contribution in [-0.2, 0) is 14.3 Å². The van der Waals surface area contributed by atoms with Gasteiger partial charge < -0.3 is 20.7 Å². The van der Waals surface area contributed by atoms with Crippen LogP contribution in [-0.4, -0.2) is 79.6 Å². The van der Waals surface area contributed by atoms with Crippen LogP contribution in [0.2, 0.25) is 0 Å². The SMILES string of the molecule is CCNC(=O)CN1CCN(C(=O)[C@@H]2CC[C@H](CN)O2)CC1. The van der Waals surface area contributed by atoms with Gasteiger partial charge in [0.2, 0.25) is 5.91 Å². The summed E-state index contributed by atoms with van der Waals surface area (Å²) < 4.78 is 5.66. The minimum absolute atomic E-state index is 0.0259. The molecule has 21 heavy (non-hydrogen) atoms. The molecule has 2 saturated heterocycles. The second-order valence-electron chi connectivity index (χ2n) is 5.61. The number of carbonyl (C=O) groups is 2. The van der Waals surface area contributed by atoms with Crippen molar-refractivity contribution >= 4 is 11.8 Å². The van der Waals surface area contributed by atoms with Crippen molar-refractivity contribution in [1.82, 2.24) is 15.1 Å². The molecule has 0 bridgehead atoms. The molecule has 7 heteroatoms. The summed E-state index contributed by atoms with van der Waals surface area (Å²) in [6.45, 7) is 6.22. The summed E-state index contributed by atoms with van der Waals surface area (Å²) in [7, 11) is 0. The highest BCUT2D eigenvalue weighted by Crippen LogP contribution is 2.21. The fourth-order valence-electron chi connectivity index (χ4n) is 2.85. The lowest BCUT2D eigenvalue weighted by atomic mass is 10.1. The van der Waals surface area contributed by atoms with Crippen molar-refractivity contribution in [3.8, 4) is 0 Å².